The van der Waals surface area contributed by atoms with Gasteiger partial charge in [0.1, 0.15) is 11.8 Å². The summed E-state index contributed by atoms with van der Waals surface area (Å²) in [6.45, 7) is 2.67. The summed E-state index contributed by atoms with van der Waals surface area (Å²) in [6.07, 6.45) is 1.15. The predicted octanol–water partition coefficient (Wildman–Crippen LogP) is 2.67. The van der Waals surface area contributed by atoms with Crippen LogP contribution < -0.4 is 15.4 Å². The van der Waals surface area contributed by atoms with Crippen LogP contribution >= 0.6 is 11.8 Å². The van der Waals surface area contributed by atoms with Gasteiger partial charge in [-0.15, -0.1) is 11.8 Å². The smallest absolute Gasteiger partial charge is 0.248 e. The maximum atomic E-state index is 13.9. The number of aliphatic hydroxyl groups is 1. The molecule has 5 rings (SSSR count). The highest BCUT2D eigenvalue weighted by atomic mass is 32.2. The van der Waals surface area contributed by atoms with Crippen LogP contribution in [0.25, 0.3) is 0 Å². The minimum Gasteiger partial charge on any atom is -0.497 e. The molecule has 6 atom stereocenters. The van der Waals surface area contributed by atoms with Crippen molar-refractivity contribution in [2.45, 2.75) is 42.3 Å². The van der Waals surface area contributed by atoms with Crippen LogP contribution in [-0.4, -0.2) is 64.0 Å². The number of amides is 3. The topological polar surface area (TPSA) is 108 Å². The van der Waals surface area contributed by atoms with Crippen LogP contribution in [0, 0.1) is 17.8 Å². The van der Waals surface area contributed by atoms with E-state index in [1.165, 1.54) is 0 Å². The van der Waals surface area contributed by atoms with E-state index in [1.807, 2.05) is 30.3 Å². The fraction of sp³-hybridized carbons (Fsp3) is 0.464. The van der Waals surface area contributed by atoms with Crippen LogP contribution in [0.4, 0.5) is 5.69 Å². The molecule has 3 unspecified atom stereocenters. The van der Waals surface area contributed by atoms with Crippen LogP contribution in [0.15, 0.2) is 54.6 Å². The maximum Gasteiger partial charge on any atom is 0.248 e. The Kier molecular flexibility index (Phi) is 7.18. The van der Waals surface area contributed by atoms with Crippen LogP contribution in [0.5, 0.6) is 5.75 Å². The normalized spacial score (nSPS) is 29.8. The molecule has 2 aromatic carbocycles. The van der Waals surface area contributed by atoms with Gasteiger partial charge in [0.15, 0.2) is 0 Å². The summed E-state index contributed by atoms with van der Waals surface area (Å²) < 4.78 is 4.52. The van der Waals surface area contributed by atoms with Gasteiger partial charge < -0.3 is 25.4 Å². The monoisotopic (exact) mass is 523 g/mol. The zero-order chi connectivity index (χ0) is 26.2. The number of aliphatic hydroxyl groups excluding tert-OH is 1. The summed E-state index contributed by atoms with van der Waals surface area (Å²) in [7, 11) is 1.58. The summed E-state index contributed by atoms with van der Waals surface area (Å²) in [5.74, 6) is -0.860. The number of rotatable bonds is 9. The van der Waals surface area contributed by atoms with Gasteiger partial charge in [-0.2, -0.15) is 0 Å². The Morgan fingerprint density at radius 1 is 1.14 bits per heavy atom. The Bertz CT molecular complexity index is 1160. The molecular formula is C28H33N3O5S. The fourth-order valence-electron chi connectivity index (χ4n) is 6.39. The molecule has 2 bridgehead atoms. The van der Waals surface area contributed by atoms with E-state index in [9.17, 15) is 19.5 Å². The number of nitrogens with one attached hydrogen (secondary N) is 2. The molecule has 196 valence electrons. The Morgan fingerprint density at radius 2 is 1.86 bits per heavy atom. The molecule has 37 heavy (non-hydrogen) atoms. The number of likely N-dealkylation sites (tertiary alicyclic amines) is 1. The number of hydrogen-bond acceptors (Lipinski definition) is 6. The molecule has 3 amide bonds. The van der Waals surface area contributed by atoms with Crippen LogP contribution in [0.1, 0.15) is 25.3 Å². The molecule has 3 aliphatic heterocycles. The molecule has 1 spiro atoms. The van der Waals surface area contributed by atoms with Crippen molar-refractivity contribution in [2.75, 3.05) is 25.6 Å². The highest BCUT2D eigenvalue weighted by Gasteiger charge is 2.75. The summed E-state index contributed by atoms with van der Waals surface area (Å²) in [6, 6.07) is 16.0. The van der Waals surface area contributed by atoms with Gasteiger partial charge in [-0.3, -0.25) is 14.4 Å². The number of fused-ring (bicyclic) bond motifs is 1. The van der Waals surface area contributed by atoms with E-state index in [0.717, 1.165) is 12.0 Å². The Hall–Kier alpha value is -3.04. The molecule has 8 nitrogen and oxygen atoms in total. The van der Waals surface area contributed by atoms with E-state index < -0.39 is 22.6 Å². The molecule has 0 radical (unpaired) electrons. The second kappa shape index (κ2) is 10.4. The first-order valence-corrected chi connectivity index (χ1v) is 13.6. The number of ether oxygens (including phenoxy) is 1. The number of methoxy groups -OCH3 is 1. The molecule has 0 aliphatic carbocycles. The SMILES string of the molecule is COc1ccc(NC(=O)C2N(CCCO)C(=O)[C@@H]3[C@@H](C(=O)NCc4ccccc4)[C@H]4CC(C)C23S4)cc1. The Balaban J connectivity index is 1.43. The lowest BCUT2D eigenvalue weighted by atomic mass is 9.66. The van der Waals surface area contributed by atoms with Crippen molar-refractivity contribution in [3.8, 4) is 5.75 Å². The van der Waals surface area contributed by atoms with Gasteiger partial charge in [0.25, 0.3) is 0 Å². The van der Waals surface area contributed by atoms with Crippen molar-refractivity contribution >= 4 is 35.2 Å². The van der Waals surface area contributed by atoms with Gasteiger partial charge in [-0.05, 0) is 48.6 Å². The number of carbonyl (C=O) groups is 3. The zero-order valence-electron chi connectivity index (χ0n) is 21.1. The highest BCUT2D eigenvalue weighted by Crippen LogP contribution is 2.68. The van der Waals surface area contributed by atoms with Gasteiger partial charge >= 0.3 is 0 Å². The largest absolute Gasteiger partial charge is 0.497 e. The summed E-state index contributed by atoms with van der Waals surface area (Å²) in [5, 5.41) is 15.5. The maximum absolute atomic E-state index is 13.9. The predicted molar refractivity (Wildman–Crippen MR) is 142 cm³/mol. The van der Waals surface area contributed by atoms with E-state index in [4.69, 9.17) is 4.74 Å². The number of hydrogen-bond donors (Lipinski definition) is 3. The molecular weight excluding hydrogens is 490 g/mol. The van der Waals surface area contributed by atoms with Crippen LogP contribution in [0.3, 0.4) is 0 Å². The third-order valence-electron chi connectivity index (χ3n) is 8.02. The van der Waals surface area contributed by atoms with Crippen molar-refractivity contribution in [1.29, 1.82) is 0 Å². The average Bonchev–Trinajstić information content (AvgIpc) is 3.50. The first kappa shape index (κ1) is 25.6. The fourth-order valence-corrected chi connectivity index (χ4v) is 8.81. The van der Waals surface area contributed by atoms with E-state index in [2.05, 4.69) is 17.6 Å². The standard InChI is InChI=1S/C28H33N3O5S/c1-17-15-21-22(25(33)29-16-18-7-4-3-5-8-18)23-27(35)31(13-6-14-32)24(28(17,23)37-21)26(34)30-19-9-11-20(36-2)12-10-19/h3-5,7-12,17,21-24,32H,6,13-16H2,1-2H3,(H,29,33)(H,30,34)/t17?,21-,22+,23+,24?,28?/m1/s1. The first-order valence-electron chi connectivity index (χ1n) is 12.8. The lowest BCUT2D eigenvalue weighted by Crippen LogP contribution is -2.55. The van der Waals surface area contributed by atoms with E-state index in [-0.39, 0.29) is 42.0 Å². The van der Waals surface area contributed by atoms with Gasteiger partial charge in [-0.1, -0.05) is 37.3 Å². The molecule has 3 N–H and O–H groups in total. The number of carbonyl (C=O) groups excluding carboxylic acids is 3. The number of thioether (sulfide) groups is 1. The third-order valence-corrected chi connectivity index (χ3v) is 10.1. The minimum absolute atomic E-state index is 0.0176. The molecule has 3 aliphatic rings. The van der Waals surface area contributed by atoms with Crippen molar-refractivity contribution in [1.82, 2.24) is 10.2 Å². The van der Waals surface area contributed by atoms with Crippen molar-refractivity contribution in [3.63, 3.8) is 0 Å². The lowest BCUT2D eigenvalue weighted by molar-refractivity contribution is -0.139. The lowest BCUT2D eigenvalue weighted by Gasteiger charge is -2.38. The Labute approximate surface area is 221 Å². The van der Waals surface area contributed by atoms with Crippen molar-refractivity contribution < 1.29 is 24.2 Å². The first-order chi connectivity index (χ1) is 17.9. The molecule has 3 fully saturated rings. The molecule has 2 aromatic rings. The summed E-state index contributed by atoms with van der Waals surface area (Å²) >= 11 is 1.64. The van der Waals surface area contributed by atoms with E-state index in [1.54, 1.807) is 48.0 Å². The Morgan fingerprint density at radius 3 is 2.54 bits per heavy atom. The second-order valence-corrected chi connectivity index (χ2v) is 11.6. The minimum atomic E-state index is -0.726. The van der Waals surface area contributed by atoms with Crippen molar-refractivity contribution in [2.24, 2.45) is 17.8 Å². The average molecular weight is 524 g/mol. The van der Waals surface area contributed by atoms with Gasteiger partial charge in [-0.25, -0.2) is 0 Å². The zero-order valence-corrected chi connectivity index (χ0v) is 21.9. The van der Waals surface area contributed by atoms with E-state index >= 15 is 0 Å². The summed E-state index contributed by atoms with van der Waals surface area (Å²) in [5.41, 5.74) is 1.61. The molecule has 3 saturated heterocycles. The van der Waals surface area contributed by atoms with Gasteiger partial charge in [0, 0.05) is 30.6 Å². The van der Waals surface area contributed by atoms with Crippen molar-refractivity contribution in [3.05, 3.63) is 60.2 Å². The summed E-state index contributed by atoms with van der Waals surface area (Å²) in [4.78, 5) is 42.9. The van der Waals surface area contributed by atoms with Gasteiger partial charge in [0.2, 0.25) is 17.7 Å². The quantitative estimate of drug-likeness (QED) is 0.467. The number of anilines is 1. The number of nitrogens with zero attached hydrogens (tertiary/aromatic N) is 1. The van der Waals surface area contributed by atoms with Crippen LogP contribution in [-0.2, 0) is 20.9 Å². The highest BCUT2D eigenvalue weighted by molar-refractivity contribution is 8.02. The molecule has 9 heteroatoms. The number of benzene rings is 2. The van der Waals surface area contributed by atoms with E-state index in [0.29, 0.717) is 24.4 Å². The third kappa shape index (κ3) is 4.38. The van der Waals surface area contributed by atoms with Gasteiger partial charge in [0.05, 0.1) is 23.7 Å². The van der Waals surface area contributed by atoms with Crippen LogP contribution in [0.2, 0.25) is 0 Å². The second-order valence-electron chi connectivity index (χ2n) is 10.1. The molecule has 0 saturated carbocycles. The molecule has 0 aromatic heterocycles. The molecule has 3 heterocycles.